The Kier molecular flexibility index (Phi) is 6.11. The van der Waals surface area contributed by atoms with Gasteiger partial charge in [0, 0.05) is 24.4 Å². The van der Waals surface area contributed by atoms with Gasteiger partial charge in [-0.3, -0.25) is 9.59 Å². The molecule has 2 aromatic rings. The minimum Gasteiger partial charge on any atom is -0.481 e. The second kappa shape index (κ2) is 8.70. The van der Waals surface area contributed by atoms with Gasteiger partial charge < -0.3 is 19.6 Å². The molecule has 0 unspecified atom stereocenters. The van der Waals surface area contributed by atoms with Crippen molar-refractivity contribution in [1.29, 1.82) is 0 Å². The standard InChI is InChI=1S/C20H24N2O5/c1-13-12-26-16(10-18(23)24)19(13)20(25)22-11-14-7-8-21-17(9-14)27-15-5-3-2-4-6-15/h7-9,12,15H,2-6,10-11H2,1H3,(H,22,25)(H,23,24). The summed E-state index contributed by atoms with van der Waals surface area (Å²) in [6.07, 6.45) is 8.68. The predicted octanol–water partition coefficient (Wildman–Crippen LogP) is 3.25. The first-order chi connectivity index (χ1) is 13.0. The molecule has 144 valence electrons. The van der Waals surface area contributed by atoms with Crippen molar-refractivity contribution in [3.63, 3.8) is 0 Å². The van der Waals surface area contributed by atoms with Gasteiger partial charge >= 0.3 is 5.97 Å². The summed E-state index contributed by atoms with van der Waals surface area (Å²) in [5, 5.41) is 11.8. The van der Waals surface area contributed by atoms with Gasteiger partial charge in [0.1, 0.15) is 18.3 Å². The molecule has 1 aliphatic rings. The molecule has 27 heavy (non-hydrogen) atoms. The van der Waals surface area contributed by atoms with Crippen molar-refractivity contribution < 1.29 is 23.8 Å². The van der Waals surface area contributed by atoms with E-state index in [1.807, 2.05) is 12.1 Å². The number of carbonyl (C=O) groups excluding carboxylic acids is 1. The molecule has 1 saturated carbocycles. The van der Waals surface area contributed by atoms with Gasteiger partial charge in [0.05, 0.1) is 11.8 Å². The Morgan fingerprint density at radius 1 is 1.33 bits per heavy atom. The number of ether oxygens (including phenoxy) is 1. The monoisotopic (exact) mass is 372 g/mol. The van der Waals surface area contributed by atoms with E-state index in [-0.39, 0.29) is 29.8 Å². The Bertz CT molecular complexity index is 808. The molecule has 1 aliphatic carbocycles. The lowest BCUT2D eigenvalue weighted by Crippen LogP contribution is -2.25. The van der Waals surface area contributed by atoms with E-state index >= 15 is 0 Å². The third kappa shape index (κ3) is 5.09. The third-order valence-corrected chi connectivity index (χ3v) is 4.68. The summed E-state index contributed by atoms with van der Waals surface area (Å²) in [7, 11) is 0. The molecule has 0 spiro atoms. The Morgan fingerprint density at radius 2 is 2.11 bits per heavy atom. The number of aliphatic carboxylic acids is 1. The van der Waals surface area contributed by atoms with Crippen LogP contribution in [0.15, 0.2) is 29.0 Å². The van der Waals surface area contributed by atoms with Crippen LogP contribution >= 0.6 is 0 Å². The molecule has 0 saturated heterocycles. The van der Waals surface area contributed by atoms with E-state index < -0.39 is 5.97 Å². The average molecular weight is 372 g/mol. The van der Waals surface area contributed by atoms with Gasteiger partial charge in [0.25, 0.3) is 5.91 Å². The highest BCUT2D eigenvalue weighted by Gasteiger charge is 2.20. The summed E-state index contributed by atoms with van der Waals surface area (Å²) >= 11 is 0. The zero-order valence-corrected chi connectivity index (χ0v) is 15.4. The number of furan rings is 1. The average Bonchev–Trinajstić information content (AvgIpc) is 3.00. The lowest BCUT2D eigenvalue weighted by atomic mass is 9.98. The van der Waals surface area contributed by atoms with Crippen LogP contribution in [0, 0.1) is 6.92 Å². The predicted molar refractivity (Wildman–Crippen MR) is 97.7 cm³/mol. The number of carboxylic acid groups (broad SMARTS) is 1. The summed E-state index contributed by atoms with van der Waals surface area (Å²) in [6, 6.07) is 3.64. The molecule has 0 bridgehead atoms. The van der Waals surface area contributed by atoms with Gasteiger partial charge in [0.2, 0.25) is 5.88 Å². The zero-order valence-electron chi connectivity index (χ0n) is 15.4. The van der Waals surface area contributed by atoms with E-state index in [2.05, 4.69) is 10.3 Å². The maximum Gasteiger partial charge on any atom is 0.311 e. The van der Waals surface area contributed by atoms with Crippen molar-refractivity contribution in [1.82, 2.24) is 10.3 Å². The highest BCUT2D eigenvalue weighted by Crippen LogP contribution is 2.23. The lowest BCUT2D eigenvalue weighted by molar-refractivity contribution is -0.136. The molecule has 0 aliphatic heterocycles. The van der Waals surface area contributed by atoms with Gasteiger partial charge in [-0.2, -0.15) is 0 Å². The van der Waals surface area contributed by atoms with E-state index in [0.717, 1.165) is 18.4 Å². The smallest absolute Gasteiger partial charge is 0.311 e. The van der Waals surface area contributed by atoms with E-state index in [1.165, 1.54) is 25.5 Å². The Morgan fingerprint density at radius 3 is 2.85 bits per heavy atom. The summed E-state index contributed by atoms with van der Waals surface area (Å²) in [4.78, 5) is 27.7. The number of aryl methyl sites for hydroxylation is 1. The number of hydrogen-bond donors (Lipinski definition) is 2. The van der Waals surface area contributed by atoms with Gasteiger partial charge in [-0.1, -0.05) is 6.42 Å². The number of rotatable bonds is 7. The first kappa shape index (κ1) is 18.9. The van der Waals surface area contributed by atoms with E-state index in [9.17, 15) is 9.59 Å². The molecule has 0 aromatic carbocycles. The van der Waals surface area contributed by atoms with Crippen LogP contribution in [-0.4, -0.2) is 28.1 Å². The molecule has 7 heteroatoms. The van der Waals surface area contributed by atoms with Gasteiger partial charge in [0.15, 0.2) is 0 Å². The second-order valence-corrected chi connectivity index (χ2v) is 6.85. The topological polar surface area (TPSA) is 102 Å². The number of hydrogen-bond acceptors (Lipinski definition) is 5. The minimum atomic E-state index is -1.04. The molecule has 2 aromatic heterocycles. The van der Waals surface area contributed by atoms with Crippen LogP contribution in [0.25, 0.3) is 0 Å². The highest BCUT2D eigenvalue weighted by molar-refractivity contribution is 5.97. The normalized spacial score (nSPS) is 14.7. The number of nitrogens with zero attached hydrogens (tertiary/aromatic N) is 1. The van der Waals surface area contributed by atoms with Crippen molar-refractivity contribution in [3.8, 4) is 5.88 Å². The van der Waals surface area contributed by atoms with Crippen molar-refractivity contribution in [2.24, 2.45) is 0 Å². The fraction of sp³-hybridized carbons (Fsp3) is 0.450. The molecule has 0 radical (unpaired) electrons. The summed E-state index contributed by atoms with van der Waals surface area (Å²) < 4.78 is 11.2. The van der Waals surface area contributed by atoms with Crippen LogP contribution in [0.3, 0.4) is 0 Å². The van der Waals surface area contributed by atoms with E-state index in [4.69, 9.17) is 14.3 Å². The number of nitrogens with one attached hydrogen (secondary N) is 1. The number of amides is 1. The lowest BCUT2D eigenvalue weighted by Gasteiger charge is -2.22. The third-order valence-electron chi connectivity index (χ3n) is 4.68. The Labute approximate surface area is 157 Å². The van der Waals surface area contributed by atoms with Crippen LogP contribution < -0.4 is 10.1 Å². The van der Waals surface area contributed by atoms with Crippen LogP contribution in [0.2, 0.25) is 0 Å². The molecule has 2 N–H and O–H groups in total. The Balaban J connectivity index is 1.61. The molecular weight excluding hydrogens is 348 g/mol. The fourth-order valence-corrected chi connectivity index (χ4v) is 3.32. The fourth-order valence-electron chi connectivity index (χ4n) is 3.32. The number of aromatic nitrogens is 1. The molecule has 0 atom stereocenters. The van der Waals surface area contributed by atoms with Crippen molar-refractivity contribution in [3.05, 3.63) is 47.0 Å². The van der Waals surface area contributed by atoms with Crippen molar-refractivity contribution >= 4 is 11.9 Å². The van der Waals surface area contributed by atoms with Crippen LogP contribution in [0.5, 0.6) is 5.88 Å². The first-order valence-electron chi connectivity index (χ1n) is 9.21. The quantitative estimate of drug-likeness (QED) is 0.773. The molecule has 1 amide bonds. The van der Waals surface area contributed by atoms with Gasteiger partial charge in [-0.15, -0.1) is 0 Å². The van der Waals surface area contributed by atoms with Crippen LogP contribution in [-0.2, 0) is 17.8 Å². The largest absolute Gasteiger partial charge is 0.481 e. The van der Waals surface area contributed by atoms with E-state index in [1.54, 1.807) is 13.1 Å². The summed E-state index contributed by atoms with van der Waals surface area (Å²) in [6.45, 7) is 2.01. The van der Waals surface area contributed by atoms with Gasteiger partial charge in [-0.25, -0.2) is 4.98 Å². The van der Waals surface area contributed by atoms with Crippen LogP contribution in [0.1, 0.15) is 59.3 Å². The number of carbonyl (C=O) groups is 2. The highest BCUT2D eigenvalue weighted by atomic mass is 16.5. The zero-order chi connectivity index (χ0) is 19.2. The molecule has 3 rings (SSSR count). The maximum absolute atomic E-state index is 12.5. The van der Waals surface area contributed by atoms with Gasteiger partial charge in [-0.05, 0) is 44.2 Å². The molecular formula is C20H24N2O5. The minimum absolute atomic E-state index is 0.161. The summed E-state index contributed by atoms with van der Waals surface area (Å²) in [5.41, 5.74) is 1.76. The van der Waals surface area contributed by atoms with Crippen molar-refractivity contribution in [2.75, 3.05) is 0 Å². The van der Waals surface area contributed by atoms with Crippen LogP contribution in [0.4, 0.5) is 0 Å². The van der Waals surface area contributed by atoms with Crippen molar-refractivity contribution in [2.45, 2.75) is 58.1 Å². The first-order valence-corrected chi connectivity index (χ1v) is 9.21. The second-order valence-electron chi connectivity index (χ2n) is 6.85. The Hall–Kier alpha value is -2.83. The SMILES string of the molecule is Cc1coc(CC(=O)O)c1C(=O)NCc1ccnc(OC2CCCCC2)c1. The number of pyridine rings is 1. The molecule has 1 fully saturated rings. The maximum atomic E-state index is 12.5. The molecule has 2 heterocycles. The summed E-state index contributed by atoms with van der Waals surface area (Å²) in [5.74, 6) is -0.672. The molecule has 7 nitrogen and oxygen atoms in total. The van der Waals surface area contributed by atoms with E-state index in [0.29, 0.717) is 18.0 Å². The number of carboxylic acids is 1.